The maximum Gasteiger partial charge on any atom is 0.253 e. The van der Waals surface area contributed by atoms with Crippen LogP contribution in [0.1, 0.15) is 45.7 Å². The van der Waals surface area contributed by atoms with Gasteiger partial charge in [-0.1, -0.05) is 12.1 Å². The van der Waals surface area contributed by atoms with Gasteiger partial charge >= 0.3 is 0 Å². The molecule has 1 fully saturated rings. The van der Waals surface area contributed by atoms with Crippen LogP contribution in [0.25, 0.3) is 5.69 Å². The van der Waals surface area contributed by atoms with Gasteiger partial charge in [-0.05, 0) is 68.7 Å². The van der Waals surface area contributed by atoms with Gasteiger partial charge in [0.15, 0.2) is 0 Å². The van der Waals surface area contributed by atoms with Crippen molar-refractivity contribution >= 4 is 11.8 Å². The fraction of sp³-hybridized carbons (Fsp3) is 0.320. The molecule has 0 radical (unpaired) electrons. The molecule has 0 bridgehead atoms. The molecule has 1 saturated heterocycles. The summed E-state index contributed by atoms with van der Waals surface area (Å²) in [5, 5.41) is 7.47. The average molecular weight is 435 g/mol. The van der Waals surface area contributed by atoms with E-state index in [-0.39, 0.29) is 24.1 Å². The minimum absolute atomic E-state index is 0.0510. The molecule has 0 aliphatic carbocycles. The zero-order valence-electron chi connectivity index (χ0n) is 18.4. The molecular weight excluding hydrogens is 407 g/mol. The highest BCUT2D eigenvalue weighted by molar-refractivity contribution is 5.94. The van der Waals surface area contributed by atoms with Crippen molar-refractivity contribution in [2.45, 2.75) is 39.7 Å². The molecule has 0 atom stereocenters. The van der Waals surface area contributed by atoms with E-state index in [0.717, 1.165) is 54.1 Å². The van der Waals surface area contributed by atoms with Crippen molar-refractivity contribution in [3.8, 4) is 5.69 Å². The van der Waals surface area contributed by atoms with Crippen molar-refractivity contribution in [2.24, 2.45) is 0 Å². The van der Waals surface area contributed by atoms with Gasteiger partial charge in [0, 0.05) is 36.5 Å². The van der Waals surface area contributed by atoms with E-state index in [9.17, 15) is 14.0 Å². The van der Waals surface area contributed by atoms with E-state index < -0.39 is 0 Å². The van der Waals surface area contributed by atoms with E-state index in [2.05, 4.69) is 10.4 Å². The summed E-state index contributed by atoms with van der Waals surface area (Å²) in [4.78, 5) is 27.1. The number of carbonyl (C=O) groups is 2. The Morgan fingerprint density at radius 2 is 1.78 bits per heavy atom. The highest BCUT2D eigenvalue weighted by atomic mass is 19.1. The molecule has 2 aromatic carbocycles. The zero-order valence-corrected chi connectivity index (χ0v) is 18.4. The summed E-state index contributed by atoms with van der Waals surface area (Å²) in [5.74, 6) is -0.373. The second-order valence-electron chi connectivity index (χ2n) is 8.19. The number of carbonyl (C=O) groups excluding carboxylic acids is 2. The second kappa shape index (κ2) is 9.34. The molecule has 32 heavy (non-hydrogen) atoms. The Hall–Kier alpha value is -3.48. The zero-order chi connectivity index (χ0) is 22.7. The summed E-state index contributed by atoms with van der Waals surface area (Å²) in [6, 6.07) is 13.5. The first-order chi connectivity index (χ1) is 15.4. The van der Waals surface area contributed by atoms with Crippen LogP contribution in [0.4, 0.5) is 4.39 Å². The molecule has 4 rings (SSSR count). The Bertz CT molecular complexity index is 1130. The molecule has 0 unspecified atom stereocenters. The molecule has 1 aromatic heterocycles. The minimum atomic E-state index is -0.305. The van der Waals surface area contributed by atoms with Crippen LogP contribution >= 0.6 is 0 Å². The lowest BCUT2D eigenvalue weighted by atomic mass is 10.1. The molecular formula is C25H27FN4O2. The lowest BCUT2D eigenvalue weighted by molar-refractivity contribution is -0.120. The summed E-state index contributed by atoms with van der Waals surface area (Å²) in [6.07, 6.45) is 2.31. The topological polar surface area (TPSA) is 67.2 Å². The van der Waals surface area contributed by atoms with E-state index >= 15 is 0 Å². The van der Waals surface area contributed by atoms with Gasteiger partial charge in [0.1, 0.15) is 5.82 Å². The Kier molecular flexibility index (Phi) is 6.35. The molecule has 3 aromatic rings. The maximum absolute atomic E-state index is 13.2. The lowest BCUT2D eigenvalue weighted by Gasteiger charge is -2.15. The maximum atomic E-state index is 13.2. The average Bonchev–Trinajstić information content (AvgIpc) is 3.43. The van der Waals surface area contributed by atoms with Gasteiger partial charge < -0.3 is 10.2 Å². The molecule has 2 amide bonds. The molecule has 0 saturated carbocycles. The minimum Gasteiger partial charge on any atom is -0.352 e. The van der Waals surface area contributed by atoms with Crippen LogP contribution < -0.4 is 5.32 Å². The van der Waals surface area contributed by atoms with Crippen LogP contribution in [0.3, 0.4) is 0 Å². The van der Waals surface area contributed by atoms with E-state index in [0.29, 0.717) is 12.1 Å². The summed E-state index contributed by atoms with van der Waals surface area (Å²) in [5.41, 5.74) is 4.76. The monoisotopic (exact) mass is 434 g/mol. The van der Waals surface area contributed by atoms with Crippen LogP contribution in [0.15, 0.2) is 48.5 Å². The van der Waals surface area contributed by atoms with Crippen LogP contribution in [0.5, 0.6) is 0 Å². The van der Waals surface area contributed by atoms with Gasteiger partial charge in [-0.2, -0.15) is 5.10 Å². The highest BCUT2D eigenvalue weighted by Gasteiger charge is 2.20. The number of amides is 2. The number of nitrogens with one attached hydrogen (secondary N) is 1. The van der Waals surface area contributed by atoms with Crippen molar-refractivity contribution in [1.29, 1.82) is 0 Å². The number of hydrogen-bond acceptors (Lipinski definition) is 3. The van der Waals surface area contributed by atoms with Crippen LogP contribution in [0.2, 0.25) is 0 Å². The first-order valence-electron chi connectivity index (χ1n) is 10.9. The summed E-state index contributed by atoms with van der Waals surface area (Å²) in [7, 11) is 0. The molecule has 1 N–H and O–H groups in total. The molecule has 166 valence electrons. The summed E-state index contributed by atoms with van der Waals surface area (Å²) >= 11 is 0. The third-order valence-corrected chi connectivity index (χ3v) is 5.91. The Morgan fingerprint density at radius 3 is 2.50 bits per heavy atom. The van der Waals surface area contributed by atoms with Gasteiger partial charge in [-0.15, -0.1) is 0 Å². The van der Waals surface area contributed by atoms with E-state index in [4.69, 9.17) is 0 Å². The number of aryl methyl sites for hydroxylation is 1. The van der Waals surface area contributed by atoms with Gasteiger partial charge in [-0.25, -0.2) is 9.07 Å². The number of benzene rings is 2. The fourth-order valence-corrected chi connectivity index (χ4v) is 4.11. The number of nitrogens with zero attached hydrogens (tertiary/aromatic N) is 3. The Morgan fingerprint density at radius 1 is 1.06 bits per heavy atom. The van der Waals surface area contributed by atoms with Gasteiger partial charge in [0.05, 0.1) is 17.8 Å². The first kappa shape index (κ1) is 21.7. The van der Waals surface area contributed by atoms with Gasteiger partial charge in [0.2, 0.25) is 5.91 Å². The molecule has 6 nitrogen and oxygen atoms in total. The molecule has 2 heterocycles. The number of halogens is 1. The van der Waals surface area contributed by atoms with Gasteiger partial charge in [-0.3, -0.25) is 9.59 Å². The predicted molar refractivity (Wildman–Crippen MR) is 120 cm³/mol. The highest BCUT2D eigenvalue weighted by Crippen LogP contribution is 2.19. The number of aromatic nitrogens is 2. The van der Waals surface area contributed by atoms with E-state index in [1.807, 2.05) is 43.0 Å². The van der Waals surface area contributed by atoms with Crippen molar-refractivity contribution in [3.05, 3.63) is 82.4 Å². The summed E-state index contributed by atoms with van der Waals surface area (Å²) in [6.45, 7) is 5.74. The standard InChI is InChI=1S/C25H27FN4O2/c1-17-23(18(2)30(28-17)22-10-8-21(26)9-11-22)15-24(31)27-16-19-6-5-7-20(14-19)25(32)29-12-3-4-13-29/h5-11,14H,3-4,12-13,15-16H2,1-2H3,(H,27,31). The quantitative estimate of drug-likeness (QED) is 0.643. The number of hydrogen-bond donors (Lipinski definition) is 1. The van der Waals surface area contributed by atoms with Crippen LogP contribution in [-0.2, 0) is 17.8 Å². The number of likely N-dealkylation sites (tertiary alicyclic amines) is 1. The van der Waals surface area contributed by atoms with Crippen LogP contribution in [-0.4, -0.2) is 39.6 Å². The SMILES string of the molecule is Cc1nn(-c2ccc(F)cc2)c(C)c1CC(=O)NCc1cccc(C(=O)N2CCCC2)c1. The van der Waals surface area contributed by atoms with Crippen molar-refractivity contribution < 1.29 is 14.0 Å². The largest absolute Gasteiger partial charge is 0.352 e. The normalized spacial score (nSPS) is 13.4. The molecule has 7 heteroatoms. The third kappa shape index (κ3) is 4.72. The van der Waals surface area contributed by atoms with Crippen LogP contribution in [0, 0.1) is 19.7 Å². The van der Waals surface area contributed by atoms with E-state index in [1.54, 1.807) is 16.8 Å². The summed E-state index contributed by atoms with van der Waals surface area (Å²) < 4.78 is 15.0. The lowest BCUT2D eigenvalue weighted by Crippen LogP contribution is -2.28. The third-order valence-electron chi connectivity index (χ3n) is 5.91. The van der Waals surface area contributed by atoms with Crippen molar-refractivity contribution in [3.63, 3.8) is 0 Å². The fourth-order valence-electron chi connectivity index (χ4n) is 4.11. The first-order valence-corrected chi connectivity index (χ1v) is 10.9. The molecule has 1 aliphatic heterocycles. The smallest absolute Gasteiger partial charge is 0.253 e. The molecule has 0 spiro atoms. The predicted octanol–water partition coefficient (Wildman–Crippen LogP) is 3.72. The molecule has 1 aliphatic rings. The van der Waals surface area contributed by atoms with E-state index in [1.165, 1.54) is 12.1 Å². The Labute approximate surface area is 187 Å². The van der Waals surface area contributed by atoms with Crippen molar-refractivity contribution in [2.75, 3.05) is 13.1 Å². The van der Waals surface area contributed by atoms with Crippen molar-refractivity contribution in [1.82, 2.24) is 20.0 Å². The van der Waals surface area contributed by atoms with Gasteiger partial charge in [0.25, 0.3) is 5.91 Å². The Balaban J connectivity index is 1.40. The second-order valence-corrected chi connectivity index (χ2v) is 8.19. The number of rotatable bonds is 6.